The Hall–Kier alpha value is -1.33. The number of amides is 1. The molecule has 0 aliphatic rings. The second-order valence-electron chi connectivity index (χ2n) is 4.83. The predicted molar refractivity (Wildman–Crippen MR) is 81.5 cm³/mol. The molecular formula is C14H18BrN3O. The van der Waals surface area contributed by atoms with Crippen LogP contribution < -0.4 is 5.32 Å². The second kappa shape index (κ2) is 6.21. The van der Waals surface area contributed by atoms with Gasteiger partial charge in [-0.25, -0.2) is 0 Å². The maximum Gasteiger partial charge on any atom is 0.267 e. The van der Waals surface area contributed by atoms with Crippen molar-refractivity contribution in [3.8, 4) is 0 Å². The zero-order chi connectivity index (χ0) is 13.8. The lowest BCUT2D eigenvalue weighted by atomic mass is 10.2. The van der Waals surface area contributed by atoms with Gasteiger partial charge in [0.2, 0.25) is 0 Å². The van der Waals surface area contributed by atoms with Crippen LogP contribution in [-0.2, 0) is 0 Å². The fraction of sp³-hybridized carbons (Fsp3) is 0.357. The van der Waals surface area contributed by atoms with E-state index in [1.807, 2.05) is 38.4 Å². The number of hydrogen-bond acceptors (Lipinski definition) is 2. The zero-order valence-corrected chi connectivity index (χ0v) is 12.8. The molecule has 0 unspecified atom stereocenters. The van der Waals surface area contributed by atoms with Gasteiger partial charge in [-0.15, -0.1) is 0 Å². The molecule has 0 aliphatic carbocycles. The molecule has 5 heteroatoms. The highest BCUT2D eigenvalue weighted by molar-refractivity contribution is 9.10. The van der Waals surface area contributed by atoms with E-state index in [9.17, 15) is 4.79 Å². The van der Waals surface area contributed by atoms with Crippen molar-refractivity contribution in [2.45, 2.75) is 6.42 Å². The van der Waals surface area contributed by atoms with Crippen LogP contribution >= 0.6 is 15.9 Å². The van der Waals surface area contributed by atoms with E-state index in [1.165, 1.54) is 0 Å². The van der Waals surface area contributed by atoms with Crippen LogP contribution in [0.15, 0.2) is 28.7 Å². The van der Waals surface area contributed by atoms with E-state index in [1.54, 1.807) is 0 Å². The lowest BCUT2D eigenvalue weighted by Crippen LogP contribution is -2.27. The molecule has 0 saturated carbocycles. The minimum Gasteiger partial charge on any atom is -0.351 e. The van der Waals surface area contributed by atoms with Gasteiger partial charge in [-0.3, -0.25) is 4.79 Å². The Morgan fingerprint density at radius 2 is 2.16 bits per heavy atom. The van der Waals surface area contributed by atoms with Gasteiger partial charge >= 0.3 is 0 Å². The van der Waals surface area contributed by atoms with Gasteiger partial charge < -0.3 is 15.2 Å². The van der Waals surface area contributed by atoms with Crippen molar-refractivity contribution in [2.75, 3.05) is 27.2 Å². The number of hydrogen-bond donors (Lipinski definition) is 2. The topological polar surface area (TPSA) is 48.1 Å². The molecule has 2 aromatic rings. The van der Waals surface area contributed by atoms with Crippen LogP contribution in [0.25, 0.3) is 10.9 Å². The highest BCUT2D eigenvalue weighted by atomic mass is 79.9. The summed E-state index contributed by atoms with van der Waals surface area (Å²) in [6, 6.07) is 7.80. The van der Waals surface area contributed by atoms with E-state index < -0.39 is 0 Å². The molecule has 0 spiro atoms. The Morgan fingerprint density at radius 3 is 2.89 bits per heavy atom. The third-order valence-corrected chi connectivity index (χ3v) is 3.39. The molecule has 1 amide bonds. The minimum absolute atomic E-state index is 0.0499. The monoisotopic (exact) mass is 323 g/mol. The number of aromatic amines is 1. The number of carbonyl (C=O) groups is 1. The maximum absolute atomic E-state index is 12.0. The molecule has 0 saturated heterocycles. The standard InChI is InChI=1S/C14H18BrN3O/c1-18(2)7-3-6-16-14(19)13-8-10-4-5-11(15)9-12(10)17-13/h4-5,8-9,17H,3,6-7H2,1-2H3,(H,16,19). The number of rotatable bonds is 5. The van der Waals surface area contributed by atoms with E-state index in [4.69, 9.17) is 0 Å². The van der Waals surface area contributed by atoms with Crippen molar-refractivity contribution in [2.24, 2.45) is 0 Å². The molecule has 1 aromatic heterocycles. The van der Waals surface area contributed by atoms with Crippen molar-refractivity contribution in [1.29, 1.82) is 0 Å². The minimum atomic E-state index is -0.0499. The van der Waals surface area contributed by atoms with E-state index in [0.717, 1.165) is 28.3 Å². The van der Waals surface area contributed by atoms with Crippen LogP contribution in [0.4, 0.5) is 0 Å². The third-order valence-electron chi connectivity index (χ3n) is 2.90. The van der Waals surface area contributed by atoms with E-state index in [0.29, 0.717) is 12.2 Å². The molecule has 102 valence electrons. The summed E-state index contributed by atoms with van der Waals surface area (Å²) in [5.74, 6) is -0.0499. The first-order valence-corrected chi connectivity index (χ1v) is 7.07. The van der Waals surface area contributed by atoms with Crippen molar-refractivity contribution in [3.63, 3.8) is 0 Å². The Balaban J connectivity index is 1.97. The highest BCUT2D eigenvalue weighted by Gasteiger charge is 2.08. The summed E-state index contributed by atoms with van der Waals surface area (Å²) in [6.45, 7) is 1.66. The fourth-order valence-corrected chi connectivity index (χ4v) is 2.28. The van der Waals surface area contributed by atoms with Gasteiger partial charge in [0, 0.05) is 21.9 Å². The van der Waals surface area contributed by atoms with Gasteiger partial charge in [-0.2, -0.15) is 0 Å². The van der Waals surface area contributed by atoms with Crippen molar-refractivity contribution in [1.82, 2.24) is 15.2 Å². The summed E-state index contributed by atoms with van der Waals surface area (Å²) < 4.78 is 1.000. The normalized spacial score (nSPS) is 11.2. The Morgan fingerprint density at radius 1 is 1.37 bits per heavy atom. The van der Waals surface area contributed by atoms with Gasteiger partial charge in [0.1, 0.15) is 5.69 Å². The van der Waals surface area contributed by atoms with Crippen molar-refractivity contribution >= 4 is 32.7 Å². The molecule has 2 rings (SSSR count). The molecule has 1 aromatic carbocycles. The first kappa shape index (κ1) is 14.1. The van der Waals surface area contributed by atoms with Crippen LogP contribution in [0.1, 0.15) is 16.9 Å². The molecular weight excluding hydrogens is 306 g/mol. The summed E-state index contributed by atoms with van der Waals surface area (Å²) >= 11 is 3.42. The van der Waals surface area contributed by atoms with Gasteiger partial charge in [-0.05, 0) is 45.3 Å². The molecule has 0 aliphatic heterocycles. The van der Waals surface area contributed by atoms with E-state index in [2.05, 4.69) is 31.1 Å². The zero-order valence-electron chi connectivity index (χ0n) is 11.2. The van der Waals surface area contributed by atoms with Crippen molar-refractivity contribution < 1.29 is 4.79 Å². The number of nitrogens with zero attached hydrogens (tertiary/aromatic N) is 1. The Kier molecular flexibility index (Phi) is 4.61. The SMILES string of the molecule is CN(C)CCCNC(=O)c1cc2ccc(Br)cc2[nH]1. The fourth-order valence-electron chi connectivity index (χ4n) is 1.91. The number of halogens is 1. The van der Waals surface area contributed by atoms with Gasteiger partial charge in [-0.1, -0.05) is 22.0 Å². The Labute approximate surface area is 121 Å². The average Bonchev–Trinajstić information content (AvgIpc) is 2.77. The number of H-pyrrole nitrogens is 1. The van der Waals surface area contributed by atoms with Crippen LogP contribution in [0.2, 0.25) is 0 Å². The van der Waals surface area contributed by atoms with E-state index >= 15 is 0 Å². The van der Waals surface area contributed by atoms with E-state index in [-0.39, 0.29) is 5.91 Å². The summed E-state index contributed by atoms with van der Waals surface area (Å²) in [7, 11) is 4.05. The van der Waals surface area contributed by atoms with Gasteiger partial charge in [0.15, 0.2) is 0 Å². The van der Waals surface area contributed by atoms with Crippen LogP contribution in [-0.4, -0.2) is 43.0 Å². The molecule has 2 N–H and O–H groups in total. The summed E-state index contributed by atoms with van der Waals surface area (Å²) in [5, 5.41) is 3.96. The maximum atomic E-state index is 12.0. The number of aromatic nitrogens is 1. The van der Waals surface area contributed by atoms with Gasteiger partial charge in [0.25, 0.3) is 5.91 Å². The summed E-state index contributed by atoms with van der Waals surface area (Å²) in [6.07, 6.45) is 0.949. The third kappa shape index (κ3) is 3.81. The number of nitrogens with one attached hydrogen (secondary N) is 2. The number of benzene rings is 1. The smallest absolute Gasteiger partial charge is 0.267 e. The second-order valence-corrected chi connectivity index (χ2v) is 5.74. The first-order chi connectivity index (χ1) is 9.06. The summed E-state index contributed by atoms with van der Waals surface area (Å²) in [5.41, 5.74) is 1.57. The molecule has 1 heterocycles. The van der Waals surface area contributed by atoms with Crippen molar-refractivity contribution in [3.05, 3.63) is 34.4 Å². The molecule has 0 atom stereocenters. The summed E-state index contributed by atoms with van der Waals surface area (Å²) in [4.78, 5) is 17.2. The molecule has 0 radical (unpaired) electrons. The largest absolute Gasteiger partial charge is 0.351 e. The quantitative estimate of drug-likeness (QED) is 0.831. The molecule has 19 heavy (non-hydrogen) atoms. The van der Waals surface area contributed by atoms with Gasteiger partial charge in [0.05, 0.1) is 0 Å². The molecule has 0 fully saturated rings. The first-order valence-electron chi connectivity index (χ1n) is 6.27. The van der Waals surface area contributed by atoms with Crippen LogP contribution in [0.3, 0.4) is 0 Å². The predicted octanol–water partition coefficient (Wildman–Crippen LogP) is 2.61. The van der Waals surface area contributed by atoms with Crippen LogP contribution in [0, 0.1) is 0 Å². The number of fused-ring (bicyclic) bond motifs is 1. The highest BCUT2D eigenvalue weighted by Crippen LogP contribution is 2.20. The van der Waals surface area contributed by atoms with Crippen LogP contribution in [0.5, 0.6) is 0 Å². The Bertz CT molecular complexity index is 577. The molecule has 0 bridgehead atoms. The number of carbonyl (C=O) groups excluding carboxylic acids is 1. The lowest BCUT2D eigenvalue weighted by Gasteiger charge is -2.09. The average molecular weight is 324 g/mol. The lowest BCUT2D eigenvalue weighted by molar-refractivity contribution is 0.0948. The molecule has 4 nitrogen and oxygen atoms in total.